The van der Waals surface area contributed by atoms with Gasteiger partial charge in [0.25, 0.3) is 0 Å². The van der Waals surface area contributed by atoms with E-state index in [4.69, 9.17) is 4.74 Å². The fraction of sp³-hybridized carbons (Fsp3) is 0.222. The van der Waals surface area contributed by atoms with Gasteiger partial charge >= 0.3 is 0 Å². The van der Waals surface area contributed by atoms with Crippen LogP contribution in [0, 0.1) is 0 Å². The highest BCUT2D eigenvalue weighted by molar-refractivity contribution is 6.11. The van der Waals surface area contributed by atoms with E-state index in [2.05, 4.69) is 29.3 Å². The summed E-state index contributed by atoms with van der Waals surface area (Å²) in [4.78, 5) is 3.47. The first-order chi connectivity index (χ1) is 10.1. The maximum absolute atomic E-state index is 9.72. The Balaban J connectivity index is 2.14. The molecule has 0 bridgehead atoms. The lowest BCUT2D eigenvalue weighted by atomic mass is 9.97. The molecule has 1 aliphatic rings. The van der Waals surface area contributed by atoms with Gasteiger partial charge in [-0.15, -0.1) is 0 Å². The summed E-state index contributed by atoms with van der Waals surface area (Å²) >= 11 is 0. The van der Waals surface area contributed by atoms with Crippen LogP contribution in [-0.2, 0) is 6.61 Å². The Morgan fingerprint density at radius 2 is 2.00 bits per heavy atom. The maximum Gasteiger partial charge on any atom is 0.135 e. The Bertz CT molecular complexity index is 887. The van der Waals surface area contributed by atoms with Gasteiger partial charge in [-0.2, -0.15) is 0 Å². The Morgan fingerprint density at radius 1 is 1.19 bits per heavy atom. The van der Waals surface area contributed by atoms with E-state index >= 15 is 0 Å². The fourth-order valence-electron chi connectivity index (χ4n) is 3.03. The molecule has 0 unspecified atom stereocenters. The number of benzene rings is 2. The summed E-state index contributed by atoms with van der Waals surface area (Å²) in [7, 11) is 0. The first kappa shape index (κ1) is 12.5. The quantitative estimate of drug-likeness (QED) is 0.707. The second-order valence-corrected chi connectivity index (χ2v) is 6.07. The summed E-state index contributed by atoms with van der Waals surface area (Å²) < 4.78 is 6.08. The van der Waals surface area contributed by atoms with E-state index < -0.39 is 0 Å². The third-order valence-corrected chi connectivity index (χ3v) is 4.06. The van der Waals surface area contributed by atoms with Crippen LogP contribution in [0.3, 0.4) is 0 Å². The van der Waals surface area contributed by atoms with Crippen LogP contribution in [0.15, 0.2) is 36.4 Å². The normalized spacial score (nSPS) is 16.1. The fourth-order valence-corrected chi connectivity index (χ4v) is 3.03. The van der Waals surface area contributed by atoms with Crippen LogP contribution in [0.2, 0.25) is 0 Å². The Labute approximate surface area is 122 Å². The molecular formula is C18H17NO2. The van der Waals surface area contributed by atoms with Crippen molar-refractivity contribution < 1.29 is 9.84 Å². The molecule has 0 spiro atoms. The van der Waals surface area contributed by atoms with E-state index in [-0.39, 0.29) is 12.2 Å². The van der Waals surface area contributed by atoms with Crippen LogP contribution in [0.5, 0.6) is 5.75 Å². The van der Waals surface area contributed by atoms with Gasteiger partial charge in [0, 0.05) is 27.4 Å². The van der Waals surface area contributed by atoms with E-state index in [1.165, 1.54) is 5.39 Å². The molecule has 106 valence electrons. The summed E-state index contributed by atoms with van der Waals surface area (Å²) in [6.45, 7) is 4.01. The average Bonchev–Trinajstić information content (AvgIpc) is 2.83. The first-order valence-electron chi connectivity index (χ1n) is 7.14. The number of aliphatic hydroxyl groups excluding tert-OH is 1. The SMILES string of the molecule is CC1(C)C=Cc2c(c(CO)cc3c2[nH]c2ccccc23)O1. The van der Waals surface area contributed by atoms with Crippen molar-refractivity contribution in [3.8, 4) is 5.75 Å². The molecular weight excluding hydrogens is 262 g/mol. The van der Waals surface area contributed by atoms with Crippen LogP contribution in [-0.4, -0.2) is 15.7 Å². The molecule has 3 nitrogen and oxygen atoms in total. The van der Waals surface area contributed by atoms with Crippen LogP contribution in [0.4, 0.5) is 0 Å². The topological polar surface area (TPSA) is 45.2 Å². The first-order valence-corrected chi connectivity index (χ1v) is 7.14. The number of hydrogen-bond acceptors (Lipinski definition) is 2. The van der Waals surface area contributed by atoms with E-state index in [9.17, 15) is 5.11 Å². The van der Waals surface area contributed by atoms with Crippen molar-refractivity contribution in [3.63, 3.8) is 0 Å². The summed E-state index contributed by atoms with van der Waals surface area (Å²) in [5.41, 5.74) is 3.67. The molecule has 0 amide bonds. The molecule has 2 heterocycles. The summed E-state index contributed by atoms with van der Waals surface area (Å²) in [5.74, 6) is 0.782. The zero-order chi connectivity index (χ0) is 14.6. The smallest absolute Gasteiger partial charge is 0.135 e. The third kappa shape index (κ3) is 1.78. The van der Waals surface area contributed by atoms with E-state index in [0.29, 0.717) is 0 Å². The van der Waals surface area contributed by atoms with Gasteiger partial charge in [0.15, 0.2) is 0 Å². The Hall–Kier alpha value is -2.26. The van der Waals surface area contributed by atoms with Gasteiger partial charge in [-0.1, -0.05) is 18.2 Å². The number of aromatic nitrogens is 1. The number of ether oxygens (including phenoxy) is 1. The van der Waals surface area contributed by atoms with Gasteiger partial charge in [0.05, 0.1) is 12.1 Å². The molecule has 1 aliphatic heterocycles. The molecule has 0 saturated heterocycles. The Morgan fingerprint density at radius 3 is 2.81 bits per heavy atom. The number of H-pyrrole nitrogens is 1. The molecule has 0 radical (unpaired) electrons. The minimum absolute atomic E-state index is 0.0261. The number of nitrogens with one attached hydrogen (secondary N) is 1. The summed E-state index contributed by atoms with van der Waals surface area (Å²) in [5, 5.41) is 12.0. The second-order valence-electron chi connectivity index (χ2n) is 6.07. The highest BCUT2D eigenvalue weighted by Gasteiger charge is 2.26. The Kier molecular flexibility index (Phi) is 2.45. The number of fused-ring (bicyclic) bond motifs is 5. The summed E-state index contributed by atoms with van der Waals surface area (Å²) in [6, 6.07) is 10.2. The van der Waals surface area contributed by atoms with E-state index in [1.807, 2.05) is 32.0 Å². The van der Waals surface area contributed by atoms with Crippen LogP contribution < -0.4 is 4.74 Å². The predicted molar refractivity (Wildman–Crippen MR) is 85.5 cm³/mol. The van der Waals surface area contributed by atoms with Crippen molar-refractivity contribution in [1.29, 1.82) is 0 Å². The zero-order valence-electron chi connectivity index (χ0n) is 12.1. The summed E-state index contributed by atoms with van der Waals surface area (Å²) in [6.07, 6.45) is 4.15. The van der Waals surface area contributed by atoms with Gasteiger partial charge in [0.1, 0.15) is 11.4 Å². The van der Waals surface area contributed by atoms with Crippen LogP contribution in [0.25, 0.3) is 27.9 Å². The van der Waals surface area contributed by atoms with Gasteiger partial charge in [-0.05, 0) is 38.1 Å². The van der Waals surface area contributed by atoms with Crippen LogP contribution >= 0.6 is 0 Å². The van der Waals surface area contributed by atoms with Gasteiger partial charge in [0.2, 0.25) is 0 Å². The highest BCUT2D eigenvalue weighted by atomic mass is 16.5. The molecule has 21 heavy (non-hydrogen) atoms. The molecule has 0 fully saturated rings. The number of rotatable bonds is 1. The molecule has 3 aromatic rings. The van der Waals surface area contributed by atoms with Crippen molar-refractivity contribution in [1.82, 2.24) is 4.98 Å². The minimum atomic E-state index is -0.351. The maximum atomic E-state index is 9.72. The van der Waals surface area contributed by atoms with E-state index in [0.717, 1.165) is 33.3 Å². The molecule has 4 rings (SSSR count). The van der Waals surface area contributed by atoms with E-state index in [1.54, 1.807) is 0 Å². The standard InChI is InChI=1S/C18H17NO2/c1-18(2)8-7-13-16-14(9-11(10-20)17(13)21-18)12-5-3-4-6-15(12)19-16/h3-9,19-20H,10H2,1-2H3. The molecule has 0 aliphatic carbocycles. The largest absolute Gasteiger partial charge is 0.483 e. The predicted octanol–water partition coefficient (Wildman–Crippen LogP) is 4.00. The molecule has 2 aromatic carbocycles. The number of aromatic amines is 1. The lowest BCUT2D eigenvalue weighted by Crippen LogP contribution is -2.28. The highest BCUT2D eigenvalue weighted by Crippen LogP contribution is 2.41. The van der Waals surface area contributed by atoms with Crippen molar-refractivity contribution in [2.75, 3.05) is 0 Å². The molecule has 1 aromatic heterocycles. The van der Waals surface area contributed by atoms with Crippen molar-refractivity contribution in [3.05, 3.63) is 47.5 Å². The molecule has 0 atom stereocenters. The lowest BCUT2D eigenvalue weighted by Gasteiger charge is -2.29. The lowest BCUT2D eigenvalue weighted by molar-refractivity contribution is 0.153. The minimum Gasteiger partial charge on any atom is -0.483 e. The monoisotopic (exact) mass is 279 g/mol. The van der Waals surface area contributed by atoms with Crippen molar-refractivity contribution in [2.45, 2.75) is 26.1 Å². The molecule has 3 heteroatoms. The zero-order valence-corrected chi connectivity index (χ0v) is 12.1. The number of para-hydroxylation sites is 1. The molecule has 0 saturated carbocycles. The second kappa shape index (κ2) is 4.12. The van der Waals surface area contributed by atoms with Gasteiger partial charge < -0.3 is 14.8 Å². The third-order valence-electron chi connectivity index (χ3n) is 4.06. The van der Waals surface area contributed by atoms with Crippen molar-refractivity contribution in [2.24, 2.45) is 0 Å². The average molecular weight is 279 g/mol. The van der Waals surface area contributed by atoms with Gasteiger partial charge in [-0.3, -0.25) is 0 Å². The van der Waals surface area contributed by atoms with Gasteiger partial charge in [-0.25, -0.2) is 0 Å². The molecule has 2 N–H and O–H groups in total. The number of aliphatic hydroxyl groups is 1. The van der Waals surface area contributed by atoms with Crippen LogP contribution in [0.1, 0.15) is 25.0 Å². The number of hydrogen-bond donors (Lipinski definition) is 2. The van der Waals surface area contributed by atoms with Crippen molar-refractivity contribution >= 4 is 27.9 Å².